The molecule has 0 rings (SSSR count). The second-order valence-electron chi connectivity index (χ2n) is 3.28. The van der Waals surface area contributed by atoms with E-state index in [1.165, 1.54) is 0 Å². The molecule has 0 aliphatic carbocycles. The summed E-state index contributed by atoms with van der Waals surface area (Å²) >= 11 is 0. The van der Waals surface area contributed by atoms with E-state index >= 15 is 0 Å². The SMILES string of the molecule is CCCCCC[C@H](C(=O)O)C(F)(F)F. The lowest BCUT2D eigenvalue weighted by Gasteiger charge is -2.15. The predicted octanol–water partition coefficient (Wildman–Crippen LogP) is 3.22. The van der Waals surface area contributed by atoms with Crippen molar-refractivity contribution in [3.05, 3.63) is 0 Å². The highest BCUT2D eigenvalue weighted by Gasteiger charge is 2.44. The monoisotopic (exact) mass is 212 g/mol. The van der Waals surface area contributed by atoms with E-state index in [1.54, 1.807) is 0 Å². The Morgan fingerprint density at radius 3 is 2.21 bits per heavy atom. The minimum Gasteiger partial charge on any atom is -0.481 e. The Kier molecular flexibility index (Phi) is 5.57. The van der Waals surface area contributed by atoms with E-state index < -0.39 is 18.1 Å². The summed E-state index contributed by atoms with van der Waals surface area (Å²) in [5.74, 6) is -3.96. The summed E-state index contributed by atoms with van der Waals surface area (Å²) in [6, 6.07) is 0. The summed E-state index contributed by atoms with van der Waals surface area (Å²) in [6.07, 6.45) is -2.16. The smallest absolute Gasteiger partial charge is 0.402 e. The normalized spacial score (nSPS) is 14.0. The lowest BCUT2D eigenvalue weighted by molar-refractivity contribution is -0.194. The number of carboxylic acids is 1. The van der Waals surface area contributed by atoms with Crippen LogP contribution in [-0.4, -0.2) is 17.3 Å². The van der Waals surface area contributed by atoms with Crippen LogP contribution in [0.5, 0.6) is 0 Å². The first-order chi connectivity index (χ1) is 6.39. The highest BCUT2D eigenvalue weighted by atomic mass is 19.4. The molecule has 0 aromatic carbocycles. The average Bonchev–Trinajstić information content (AvgIpc) is 2.01. The van der Waals surface area contributed by atoms with Gasteiger partial charge in [0.15, 0.2) is 5.92 Å². The molecule has 0 radical (unpaired) electrons. The van der Waals surface area contributed by atoms with E-state index in [2.05, 4.69) is 0 Å². The quantitative estimate of drug-likeness (QED) is 0.686. The van der Waals surface area contributed by atoms with E-state index in [9.17, 15) is 18.0 Å². The molecule has 0 aliphatic rings. The van der Waals surface area contributed by atoms with Gasteiger partial charge in [-0.15, -0.1) is 0 Å². The molecule has 0 bridgehead atoms. The fourth-order valence-corrected chi connectivity index (χ4v) is 1.20. The van der Waals surface area contributed by atoms with Crippen molar-refractivity contribution in [1.82, 2.24) is 0 Å². The van der Waals surface area contributed by atoms with E-state index in [0.29, 0.717) is 12.8 Å². The zero-order valence-corrected chi connectivity index (χ0v) is 8.10. The van der Waals surface area contributed by atoms with Gasteiger partial charge in [0.2, 0.25) is 0 Å². The number of rotatable bonds is 6. The van der Waals surface area contributed by atoms with Crippen molar-refractivity contribution >= 4 is 5.97 Å². The van der Waals surface area contributed by atoms with Crippen molar-refractivity contribution in [2.24, 2.45) is 5.92 Å². The largest absolute Gasteiger partial charge is 0.481 e. The maximum absolute atomic E-state index is 12.1. The molecule has 0 saturated carbocycles. The van der Waals surface area contributed by atoms with Gasteiger partial charge < -0.3 is 5.11 Å². The minimum absolute atomic E-state index is 0.307. The first-order valence-corrected chi connectivity index (χ1v) is 4.69. The molecule has 1 N–H and O–H groups in total. The molecule has 0 aromatic rings. The van der Waals surface area contributed by atoms with Gasteiger partial charge in [0.25, 0.3) is 0 Å². The van der Waals surface area contributed by atoms with E-state index in [0.717, 1.165) is 12.8 Å². The van der Waals surface area contributed by atoms with Crippen LogP contribution in [0.3, 0.4) is 0 Å². The fourth-order valence-electron chi connectivity index (χ4n) is 1.20. The average molecular weight is 212 g/mol. The second-order valence-corrected chi connectivity index (χ2v) is 3.28. The first kappa shape index (κ1) is 13.3. The number of carboxylic acid groups (broad SMARTS) is 1. The summed E-state index contributed by atoms with van der Waals surface area (Å²) < 4.78 is 36.3. The van der Waals surface area contributed by atoms with Crippen LogP contribution in [0.15, 0.2) is 0 Å². The third-order valence-electron chi connectivity index (χ3n) is 2.04. The number of alkyl halides is 3. The summed E-state index contributed by atoms with van der Waals surface area (Å²) in [6.45, 7) is 1.94. The van der Waals surface area contributed by atoms with Crippen LogP contribution < -0.4 is 0 Å². The van der Waals surface area contributed by atoms with E-state index in [1.807, 2.05) is 6.92 Å². The van der Waals surface area contributed by atoms with Crippen molar-refractivity contribution < 1.29 is 23.1 Å². The standard InChI is InChI=1S/C9H15F3O2/c1-2-3-4-5-6-7(8(13)14)9(10,11)12/h7H,2-6H2,1H3,(H,13,14)/t7-/m1/s1. The van der Waals surface area contributed by atoms with Crippen molar-refractivity contribution in [2.75, 3.05) is 0 Å². The molecule has 0 aromatic heterocycles. The Balaban J connectivity index is 3.94. The van der Waals surface area contributed by atoms with Gasteiger partial charge in [-0.05, 0) is 6.42 Å². The molecule has 5 heteroatoms. The molecule has 2 nitrogen and oxygen atoms in total. The van der Waals surface area contributed by atoms with Crippen molar-refractivity contribution in [3.63, 3.8) is 0 Å². The lowest BCUT2D eigenvalue weighted by Crippen LogP contribution is -2.30. The van der Waals surface area contributed by atoms with Crippen molar-refractivity contribution in [2.45, 2.75) is 45.2 Å². The molecule has 0 aliphatic heterocycles. The lowest BCUT2D eigenvalue weighted by atomic mass is 10.0. The van der Waals surface area contributed by atoms with E-state index in [-0.39, 0.29) is 6.42 Å². The number of hydrogen-bond donors (Lipinski definition) is 1. The number of hydrogen-bond acceptors (Lipinski definition) is 1. The maximum atomic E-state index is 12.1. The Bertz CT molecular complexity index is 177. The molecule has 0 saturated heterocycles. The van der Waals surface area contributed by atoms with Gasteiger partial charge in [0.1, 0.15) is 0 Å². The van der Waals surface area contributed by atoms with Gasteiger partial charge >= 0.3 is 12.1 Å². The van der Waals surface area contributed by atoms with Gasteiger partial charge in [-0.25, -0.2) is 0 Å². The van der Waals surface area contributed by atoms with Gasteiger partial charge in [-0.2, -0.15) is 13.2 Å². The molecule has 0 heterocycles. The van der Waals surface area contributed by atoms with Crippen LogP contribution >= 0.6 is 0 Å². The number of unbranched alkanes of at least 4 members (excludes halogenated alkanes) is 3. The van der Waals surface area contributed by atoms with Crippen LogP contribution in [0.1, 0.15) is 39.0 Å². The third kappa shape index (κ3) is 5.09. The summed E-state index contributed by atoms with van der Waals surface area (Å²) in [5, 5.41) is 8.35. The van der Waals surface area contributed by atoms with Crippen LogP contribution in [0.4, 0.5) is 13.2 Å². The topological polar surface area (TPSA) is 37.3 Å². The Morgan fingerprint density at radius 2 is 1.86 bits per heavy atom. The molecule has 0 unspecified atom stereocenters. The van der Waals surface area contributed by atoms with E-state index in [4.69, 9.17) is 5.11 Å². The van der Waals surface area contributed by atoms with Crippen LogP contribution in [0, 0.1) is 5.92 Å². The fraction of sp³-hybridized carbons (Fsp3) is 0.889. The van der Waals surface area contributed by atoms with Gasteiger partial charge in [0, 0.05) is 0 Å². The molecule has 0 fully saturated rings. The maximum Gasteiger partial charge on any atom is 0.402 e. The van der Waals surface area contributed by atoms with Crippen molar-refractivity contribution in [3.8, 4) is 0 Å². The Labute approximate surface area is 81.1 Å². The highest BCUT2D eigenvalue weighted by molar-refractivity contribution is 5.70. The first-order valence-electron chi connectivity index (χ1n) is 4.69. The summed E-state index contributed by atoms with van der Waals surface area (Å²) in [4.78, 5) is 10.3. The van der Waals surface area contributed by atoms with Crippen LogP contribution in [0.2, 0.25) is 0 Å². The minimum atomic E-state index is -4.61. The zero-order chi connectivity index (χ0) is 11.2. The molecule has 1 atom stereocenters. The summed E-state index contributed by atoms with van der Waals surface area (Å²) in [5.41, 5.74) is 0. The highest BCUT2D eigenvalue weighted by Crippen LogP contribution is 2.30. The Morgan fingerprint density at radius 1 is 1.29 bits per heavy atom. The van der Waals surface area contributed by atoms with Gasteiger partial charge in [0.05, 0.1) is 0 Å². The molecular weight excluding hydrogens is 197 g/mol. The molecular formula is C9H15F3O2. The Hall–Kier alpha value is -0.740. The summed E-state index contributed by atoms with van der Waals surface area (Å²) in [7, 11) is 0. The van der Waals surface area contributed by atoms with Crippen LogP contribution in [0.25, 0.3) is 0 Å². The molecule has 14 heavy (non-hydrogen) atoms. The van der Waals surface area contributed by atoms with Crippen molar-refractivity contribution in [1.29, 1.82) is 0 Å². The van der Waals surface area contributed by atoms with Crippen LogP contribution in [-0.2, 0) is 4.79 Å². The van der Waals surface area contributed by atoms with Gasteiger partial charge in [-0.1, -0.05) is 32.6 Å². The molecule has 0 amide bonds. The zero-order valence-electron chi connectivity index (χ0n) is 8.10. The number of aliphatic carboxylic acids is 1. The molecule has 84 valence electrons. The predicted molar refractivity (Wildman–Crippen MR) is 45.9 cm³/mol. The number of halogens is 3. The molecule has 0 spiro atoms. The number of carbonyl (C=O) groups is 1. The van der Waals surface area contributed by atoms with Gasteiger partial charge in [-0.3, -0.25) is 4.79 Å². The second kappa shape index (κ2) is 5.88. The third-order valence-corrected chi connectivity index (χ3v) is 2.04.